The second kappa shape index (κ2) is 6.79. The molecule has 1 aromatic carbocycles. The normalized spacial score (nSPS) is 16.0. The zero-order valence-corrected chi connectivity index (χ0v) is 12.1. The first-order valence-corrected chi connectivity index (χ1v) is 7.07. The molecule has 3 atom stereocenters. The van der Waals surface area contributed by atoms with E-state index < -0.39 is 0 Å². The molecular weight excluding hydrogens is 250 g/mol. The lowest BCUT2D eigenvalue weighted by Gasteiger charge is -2.26. The highest BCUT2D eigenvalue weighted by Crippen LogP contribution is 2.23. The van der Waals surface area contributed by atoms with Crippen LogP contribution in [0, 0.1) is 5.92 Å². The van der Waals surface area contributed by atoms with Crippen molar-refractivity contribution in [2.24, 2.45) is 11.7 Å². The number of hydrogen-bond donors (Lipinski definition) is 3. The highest BCUT2D eigenvalue weighted by Gasteiger charge is 2.18. The van der Waals surface area contributed by atoms with Gasteiger partial charge in [0.15, 0.2) is 0 Å². The smallest absolute Gasteiger partial charge is 0.0471 e. The largest absolute Gasteiger partial charge is 0.396 e. The van der Waals surface area contributed by atoms with Gasteiger partial charge in [-0.3, -0.25) is 4.98 Å². The molecule has 0 saturated carbocycles. The van der Waals surface area contributed by atoms with E-state index in [9.17, 15) is 5.11 Å². The molecule has 4 N–H and O–H groups in total. The van der Waals surface area contributed by atoms with Crippen molar-refractivity contribution in [1.82, 2.24) is 10.3 Å². The standard InChI is InChI=1S/C16H23N3O/c1-11(10-20)12(2)19-16(7-17)15-9-18-8-13-5-3-4-6-14(13)15/h3-6,8-9,11-12,16,19-20H,7,10,17H2,1-2H3. The van der Waals surface area contributed by atoms with Gasteiger partial charge in [0.1, 0.15) is 0 Å². The van der Waals surface area contributed by atoms with Crippen molar-refractivity contribution in [3.05, 3.63) is 42.2 Å². The molecular formula is C16H23N3O. The highest BCUT2D eigenvalue weighted by atomic mass is 16.3. The number of rotatable bonds is 6. The molecule has 0 amide bonds. The van der Waals surface area contributed by atoms with Crippen LogP contribution in [0.4, 0.5) is 0 Å². The highest BCUT2D eigenvalue weighted by molar-refractivity contribution is 5.85. The maximum atomic E-state index is 9.25. The summed E-state index contributed by atoms with van der Waals surface area (Å²) in [5, 5.41) is 15.0. The predicted molar refractivity (Wildman–Crippen MR) is 82.4 cm³/mol. The molecule has 0 aliphatic rings. The topological polar surface area (TPSA) is 71.2 Å². The molecule has 0 fully saturated rings. The third kappa shape index (κ3) is 3.15. The molecule has 4 nitrogen and oxygen atoms in total. The van der Waals surface area contributed by atoms with Crippen molar-refractivity contribution < 1.29 is 5.11 Å². The molecule has 0 bridgehead atoms. The van der Waals surface area contributed by atoms with E-state index in [0.29, 0.717) is 6.54 Å². The van der Waals surface area contributed by atoms with Gasteiger partial charge in [-0.05, 0) is 23.8 Å². The number of nitrogens with one attached hydrogen (secondary N) is 1. The number of aliphatic hydroxyl groups is 1. The average molecular weight is 273 g/mol. The summed E-state index contributed by atoms with van der Waals surface area (Å²) >= 11 is 0. The van der Waals surface area contributed by atoms with Gasteiger partial charge in [0.2, 0.25) is 0 Å². The number of fused-ring (bicyclic) bond motifs is 1. The van der Waals surface area contributed by atoms with Crippen LogP contribution in [-0.2, 0) is 0 Å². The number of nitrogens with zero attached hydrogens (tertiary/aromatic N) is 1. The fraction of sp³-hybridized carbons (Fsp3) is 0.438. The first-order valence-electron chi connectivity index (χ1n) is 7.07. The summed E-state index contributed by atoms with van der Waals surface area (Å²) < 4.78 is 0. The molecule has 1 aromatic heterocycles. The lowest BCUT2D eigenvalue weighted by molar-refractivity contribution is 0.201. The maximum Gasteiger partial charge on any atom is 0.0471 e. The van der Waals surface area contributed by atoms with Crippen LogP contribution < -0.4 is 11.1 Å². The number of nitrogens with two attached hydrogens (primary N) is 1. The fourth-order valence-electron chi connectivity index (χ4n) is 2.34. The number of pyridine rings is 1. The number of aliphatic hydroxyl groups excluding tert-OH is 1. The zero-order chi connectivity index (χ0) is 14.5. The van der Waals surface area contributed by atoms with Crippen molar-refractivity contribution in [2.45, 2.75) is 25.9 Å². The van der Waals surface area contributed by atoms with E-state index in [-0.39, 0.29) is 24.6 Å². The summed E-state index contributed by atoms with van der Waals surface area (Å²) in [4.78, 5) is 4.31. The van der Waals surface area contributed by atoms with E-state index in [1.165, 1.54) is 5.39 Å². The summed E-state index contributed by atoms with van der Waals surface area (Å²) in [6.07, 6.45) is 3.75. The fourth-order valence-corrected chi connectivity index (χ4v) is 2.34. The Bertz CT molecular complexity index is 553. The van der Waals surface area contributed by atoms with Crippen LogP contribution in [-0.4, -0.2) is 29.3 Å². The summed E-state index contributed by atoms with van der Waals surface area (Å²) in [5.74, 6) is 0.187. The molecule has 1 heterocycles. The Hall–Kier alpha value is -1.49. The quantitative estimate of drug-likeness (QED) is 0.751. The number of benzene rings is 1. The Morgan fingerprint density at radius 1 is 1.25 bits per heavy atom. The average Bonchev–Trinajstić information content (AvgIpc) is 2.51. The Labute approximate surface area is 120 Å². The van der Waals surface area contributed by atoms with Crippen LogP contribution >= 0.6 is 0 Å². The van der Waals surface area contributed by atoms with Crippen LogP contribution in [0.15, 0.2) is 36.7 Å². The molecule has 2 rings (SSSR count). The van der Waals surface area contributed by atoms with E-state index in [1.807, 2.05) is 31.5 Å². The van der Waals surface area contributed by atoms with Gasteiger partial charge in [0, 0.05) is 43.0 Å². The van der Waals surface area contributed by atoms with Crippen LogP contribution in [0.1, 0.15) is 25.5 Å². The summed E-state index contributed by atoms with van der Waals surface area (Å²) in [6, 6.07) is 8.41. The molecule has 0 spiro atoms. The van der Waals surface area contributed by atoms with Gasteiger partial charge in [-0.1, -0.05) is 31.2 Å². The van der Waals surface area contributed by atoms with Crippen molar-refractivity contribution >= 4 is 10.8 Å². The zero-order valence-electron chi connectivity index (χ0n) is 12.1. The Balaban J connectivity index is 2.30. The number of aromatic nitrogens is 1. The molecule has 108 valence electrons. The van der Waals surface area contributed by atoms with E-state index in [4.69, 9.17) is 5.73 Å². The molecule has 3 unspecified atom stereocenters. The molecule has 4 heteroatoms. The minimum atomic E-state index is 0.0394. The summed E-state index contributed by atoms with van der Waals surface area (Å²) in [7, 11) is 0. The van der Waals surface area contributed by atoms with Gasteiger partial charge < -0.3 is 16.2 Å². The van der Waals surface area contributed by atoms with Gasteiger partial charge in [0.25, 0.3) is 0 Å². The van der Waals surface area contributed by atoms with Gasteiger partial charge >= 0.3 is 0 Å². The van der Waals surface area contributed by atoms with Gasteiger partial charge in [-0.15, -0.1) is 0 Å². The minimum Gasteiger partial charge on any atom is -0.396 e. The Morgan fingerprint density at radius 2 is 2.00 bits per heavy atom. The van der Waals surface area contributed by atoms with Crippen LogP contribution in [0.5, 0.6) is 0 Å². The van der Waals surface area contributed by atoms with Crippen LogP contribution in [0.3, 0.4) is 0 Å². The first-order chi connectivity index (χ1) is 9.67. The van der Waals surface area contributed by atoms with E-state index >= 15 is 0 Å². The van der Waals surface area contributed by atoms with Crippen LogP contribution in [0.25, 0.3) is 10.8 Å². The third-order valence-corrected chi connectivity index (χ3v) is 3.92. The van der Waals surface area contributed by atoms with Crippen molar-refractivity contribution in [1.29, 1.82) is 0 Å². The van der Waals surface area contributed by atoms with Gasteiger partial charge in [-0.25, -0.2) is 0 Å². The molecule has 0 aliphatic heterocycles. The lowest BCUT2D eigenvalue weighted by atomic mass is 9.98. The molecule has 2 aromatic rings. The van der Waals surface area contributed by atoms with Gasteiger partial charge in [0.05, 0.1) is 0 Å². The Kier molecular flexibility index (Phi) is 5.06. The van der Waals surface area contributed by atoms with Crippen molar-refractivity contribution in [2.75, 3.05) is 13.2 Å². The van der Waals surface area contributed by atoms with E-state index in [1.54, 1.807) is 0 Å². The SMILES string of the molecule is CC(CO)C(C)NC(CN)c1cncc2ccccc12. The lowest BCUT2D eigenvalue weighted by Crippen LogP contribution is -2.39. The van der Waals surface area contributed by atoms with Crippen LogP contribution in [0.2, 0.25) is 0 Å². The predicted octanol–water partition coefficient (Wildman–Crippen LogP) is 1.84. The maximum absolute atomic E-state index is 9.25. The first kappa shape index (κ1) is 14.9. The van der Waals surface area contributed by atoms with Gasteiger partial charge in [-0.2, -0.15) is 0 Å². The van der Waals surface area contributed by atoms with Crippen molar-refractivity contribution in [3.8, 4) is 0 Å². The van der Waals surface area contributed by atoms with Crippen molar-refractivity contribution in [3.63, 3.8) is 0 Å². The second-order valence-corrected chi connectivity index (χ2v) is 5.35. The monoisotopic (exact) mass is 273 g/mol. The molecule has 0 saturated heterocycles. The number of hydrogen-bond acceptors (Lipinski definition) is 4. The third-order valence-electron chi connectivity index (χ3n) is 3.92. The minimum absolute atomic E-state index is 0.0394. The van der Waals surface area contributed by atoms with E-state index in [2.05, 4.69) is 29.4 Å². The summed E-state index contributed by atoms with van der Waals surface area (Å²) in [5.41, 5.74) is 7.05. The second-order valence-electron chi connectivity index (χ2n) is 5.35. The molecule has 0 radical (unpaired) electrons. The molecule has 20 heavy (non-hydrogen) atoms. The summed E-state index contributed by atoms with van der Waals surface area (Å²) in [6.45, 7) is 4.76. The Morgan fingerprint density at radius 3 is 2.70 bits per heavy atom. The molecule has 0 aliphatic carbocycles. The van der Waals surface area contributed by atoms with E-state index in [0.717, 1.165) is 10.9 Å².